The summed E-state index contributed by atoms with van der Waals surface area (Å²) < 4.78 is 47.1. The Labute approximate surface area is 205 Å². The molecule has 0 saturated heterocycles. The number of amides is 1. The summed E-state index contributed by atoms with van der Waals surface area (Å²) in [5.74, 6) is -0.0642. The Kier molecular flexibility index (Phi) is 6.17. The molecule has 7 nitrogen and oxygen atoms in total. The smallest absolute Gasteiger partial charge is 0.406 e. The van der Waals surface area contributed by atoms with Gasteiger partial charge in [0.15, 0.2) is 0 Å². The number of methoxy groups -OCH3 is 1. The third kappa shape index (κ3) is 4.66. The standard InChI is InChI=1S/C26H22F3N5O2/c1-36-24-13-18(8-10-20(24)19-6-4-12-30-14-19)21-15-34(32-31-21)23-11-9-17-5-2-3-7-22(17)33(25(23)35)16-26(27,28)29/h2-8,10,12-15,23H,9,11,16H2,1H3. The van der Waals surface area contributed by atoms with Crippen molar-refractivity contribution in [3.05, 3.63) is 78.8 Å². The average Bonchev–Trinajstić information content (AvgIpc) is 3.32. The van der Waals surface area contributed by atoms with Crippen molar-refractivity contribution in [1.29, 1.82) is 0 Å². The number of anilines is 1. The normalized spacial score (nSPS) is 15.9. The fourth-order valence-corrected chi connectivity index (χ4v) is 4.46. The molecule has 5 rings (SSSR count). The molecule has 0 saturated carbocycles. The first kappa shape index (κ1) is 23.5. The van der Waals surface area contributed by atoms with Crippen LogP contribution in [0.1, 0.15) is 18.0 Å². The Morgan fingerprint density at radius 3 is 2.67 bits per heavy atom. The molecule has 0 N–H and O–H groups in total. The van der Waals surface area contributed by atoms with Crippen molar-refractivity contribution in [2.75, 3.05) is 18.6 Å². The molecule has 0 spiro atoms. The van der Waals surface area contributed by atoms with Gasteiger partial charge in [0.1, 0.15) is 24.0 Å². The number of hydrogen-bond acceptors (Lipinski definition) is 5. The second-order valence-electron chi connectivity index (χ2n) is 8.46. The summed E-state index contributed by atoms with van der Waals surface area (Å²) in [6.07, 6.45) is 1.20. The fourth-order valence-electron chi connectivity index (χ4n) is 4.46. The van der Waals surface area contributed by atoms with E-state index in [1.807, 2.05) is 24.3 Å². The number of halogens is 3. The topological polar surface area (TPSA) is 73.1 Å². The molecule has 2 aromatic carbocycles. The number of carbonyl (C=O) groups excluding carboxylic acids is 1. The number of ether oxygens (including phenoxy) is 1. The quantitative estimate of drug-likeness (QED) is 0.387. The average molecular weight is 493 g/mol. The van der Waals surface area contributed by atoms with Crippen molar-refractivity contribution in [1.82, 2.24) is 20.0 Å². The van der Waals surface area contributed by atoms with Gasteiger partial charge in [-0.05, 0) is 42.7 Å². The SMILES string of the molecule is COc1cc(-c2cn(C3CCc4ccccc4N(CC(F)(F)F)C3=O)nn2)ccc1-c1cccnc1. The lowest BCUT2D eigenvalue weighted by atomic mass is 10.0. The van der Waals surface area contributed by atoms with Crippen LogP contribution in [-0.2, 0) is 11.2 Å². The third-order valence-electron chi connectivity index (χ3n) is 6.16. The van der Waals surface area contributed by atoms with Gasteiger partial charge in [0.25, 0.3) is 5.91 Å². The number of alkyl halides is 3. The van der Waals surface area contributed by atoms with Crippen LogP contribution < -0.4 is 9.64 Å². The summed E-state index contributed by atoms with van der Waals surface area (Å²) in [4.78, 5) is 18.3. The minimum absolute atomic E-state index is 0.276. The van der Waals surface area contributed by atoms with Crippen LogP contribution in [0.5, 0.6) is 5.75 Å². The number of aromatic nitrogens is 4. The minimum atomic E-state index is -4.54. The molecule has 1 amide bonds. The van der Waals surface area contributed by atoms with Gasteiger partial charge >= 0.3 is 6.18 Å². The molecule has 2 aromatic heterocycles. The zero-order valence-corrected chi connectivity index (χ0v) is 19.3. The highest BCUT2D eigenvalue weighted by Gasteiger charge is 2.39. The molecule has 0 radical (unpaired) electrons. The summed E-state index contributed by atoms with van der Waals surface area (Å²) in [7, 11) is 1.56. The molecule has 1 unspecified atom stereocenters. The molecular formula is C26H22F3N5O2. The zero-order valence-electron chi connectivity index (χ0n) is 19.3. The van der Waals surface area contributed by atoms with Crippen molar-refractivity contribution >= 4 is 11.6 Å². The summed E-state index contributed by atoms with van der Waals surface area (Å²) in [5.41, 5.74) is 3.87. The highest BCUT2D eigenvalue weighted by Crippen LogP contribution is 2.36. The second kappa shape index (κ2) is 9.44. The van der Waals surface area contributed by atoms with Crippen LogP contribution in [0.15, 0.2) is 73.2 Å². The molecule has 36 heavy (non-hydrogen) atoms. The highest BCUT2D eigenvalue weighted by molar-refractivity contribution is 5.97. The Morgan fingerprint density at radius 2 is 1.92 bits per heavy atom. The summed E-state index contributed by atoms with van der Waals surface area (Å²) in [6, 6.07) is 15.0. The number of aryl methyl sites for hydroxylation is 1. The van der Waals surface area contributed by atoms with Crippen LogP contribution in [0.4, 0.5) is 18.9 Å². The second-order valence-corrected chi connectivity index (χ2v) is 8.46. The summed E-state index contributed by atoms with van der Waals surface area (Å²) in [5, 5.41) is 8.33. The van der Waals surface area contributed by atoms with Crippen molar-refractivity contribution in [2.24, 2.45) is 0 Å². The number of nitrogens with zero attached hydrogens (tertiary/aromatic N) is 5. The molecule has 0 fully saturated rings. The monoisotopic (exact) mass is 493 g/mol. The van der Waals surface area contributed by atoms with Gasteiger partial charge in [-0.1, -0.05) is 35.5 Å². The van der Waals surface area contributed by atoms with Gasteiger partial charge in [0.05, 0.1) is 13.3 Å². The lowest BCUT2D eigenvalue weighted by Gasteiger charge is -2.26. The lowest BCUT2D eigenvalue weighted by Crippen LogP contribution is -2.42. The number of para-hydroxylation sites is 1. The molecular weight excluding hydrogens is 471 g/mol. The Hall–Kier alpha value is -4.21. The largest absolute Gasteiger partial charge is 0.496 e. The van der Waals surface area contributed by atoms with Crippen LogP contribution in [0.25, 0.3) is 22.4 Å². The summed E-state index contributed by atoms with van der Waals surface area (Å²) in [6.45, 7) is -1.37. The van der Waals surface area contributed by atoms with Gasteiger partial charge in [-0.3, -0.25) is 9.78 Å². The molecule has 3 heterocycles. The van der Waals surface area contributed by atoms with Gasteiger partial charge in [-0.2, -0.15) is 13.2 Å². The fraction of sp³-hybridized carbons (Fsp3) is 0.231. The first-order valence-corrected chi connectivity index (χ1v) is 11.3. The maximum atomic E-state index is 13.4. The lowest BCUT2D eigenvalue weighted by molar-refractivity contribution is -0.134. The Morgan fingerprint density at radius 1 is 1.08 bits per heavy atom. The molecule has 4 aromatic rings. The molecule has 0 bridgehead atoms. The molecule has 1 aliphatic rings. The number of benzene rings is 2. The van der Waals surface area contributed by atoms with E-state index in [2.05, 4.69) is 15.3 Å². The van der Waals surface area contributed by atoms with Crippen molar-refractivity contribution in [2.45, 2.75) is 25.1 Å². The van der Waals surface area contributed by atoms with E-state index < -0.39 is 24.7 Å². The van der Waals surface area contributed by atoms with Gasteiger partial charge in [-0.15, -0.1) is 5.10 Å². The first-order chi connectivity index (χ1) is 17.3. The zero-order chi connectivity index (χ0) is 25.3. The van der Waals surface area contributed by atoms with Crippen LogP contribution in [0.2, 0.25) is 0 Å². The van der Waals surface area contributed by atoms with Crippen molar-refractivity contribution in [3.63, 3.8) is 0 Å². The van der Waals surface area contributed by atoms with Crippen LogP contribution in [0, 0.1) is 0 Å². The van der Waals surface area contributed by atoms with E-state index in [-0.39, 0.29) is 5.69 Å². The summed E-state index contributed by atoms with van der Waals surface area (Å²) >= 11 is 0. The maximum absolute atomic E-state index is 13.4. The molecule has 184 valence electrons. The van der Waals surface area contributed by atoms with Crippen LogP contribution in [0.3, 0.4) is 0 Å². The predicted molar refractivity (Wildman–Crippen MR) is 127 cm³/mol. The minimum Gasteiger partial charge on any atom is -0.496 e. The van der Waals surface area contributed by atoms with E-state index in [1.165, 1.54) is 4.68 Å². The van der Waals surface area contributed by atoms with Gasteiger partial charge < -0.3 is 9.64 Å². The molecule has 1 aliphatic heterocycles. The van der Waals surface area contributed by atoms with Crippen molar-refractivity contribution in [3.8, 4) is 28.1 Å². The highest BCUT2D eigenvalue weighted by atomic mass is 19.4. The third-order valence-corrected chi connectivity index (χ3v) is 6.16. The van der Waals surface area contributed by atoms with E-state index in [1.54, 1.807) is 56.0 Å². The number of carbonyl (C=O) groups is 1. The number of pyridine rings is 1. The van der Waals surface area contributed by atoms with Crippen molar-refractivity contribution < 1.29 is 22.7 Å². The predicted octanol–water partition coefficient (Wildman–Crippen LogP) is 5.10. The van der Waals surface area contributed by atoms with Gasteiger partial charge in [0.2, 0.25) is 0 Å². The molecule has 10 heteroatoms. The van der Waals surface area contributed by atoms with Gasteiger partial charge in [0, 0.05) is 34.8 Å². The van der Waals surface area contributed by atoms with E-state index in [0.717, 1.165) is 16.0 Å². The maximum Gasteiger partial charge on any atom is 0.406 e. The molecule has 0 aliphatic carbocycles. The van der Waals surface area contributed by atoms with Crippen LogP contribution >= 0.6 is 0 Å². The Bertz CT molecular complexity index is 1390. The van der Waals surface area contributed by atoms with E-state index in [0.29, 0.717) is 35.4 Å². The van der Waals surface area contributed by atoms with E-state index in [4.69, 9.17) is 4.74 Å². The first-order valence-electron chi connectivity index (χ1n) is 11.3. The van der Waals surface area contributed by atoms with E-state index in [9.17, 15) is 18.0 Å². The number of rotatable bonds is 5. The Balaban J connectivity index is 1.46. The van der Waals surface area contributed by atoms with E-state index >= 15 is 0 Å². The molecule has 1 atom stereocenters. The number of hydrogen-bond donors (Lipinski definition) is 0. The van der Waals surface area contributed by atoms with Gasteiger partial charge in [-0.25, -0.2) is 4.68 Å². The number of fused-ring (bicyclic) bond motifs is 1. The van der Waals surface area contributed by atoms with Crippen LogP contribution in [-0.4, -0.2) is 45.7 Å².